The van der Waals surface area contributed by atoms with Crippen LogP contribution in [-0.4, -0.2) is 63.3 Å². The van der Waals surface area contributed by atoms with Crippen molar-refractivity contribution in [1.82, 2.24) is 15.4 Å². The third-order valence-corrected chi connectivity index (χ3v) is 13.5. The van der Waals surface area contributed by atoms with Crippen molar-refractivity contribution in [1.29, 1.82) is 0 Å². The van der Waals surface area contributed by atoms with Gasteiger partial charge in [0.15, 0.2) is 14.6 Å². The predicted octanol–water partition coefficient (Wildman–Crippen LogP) is 6.90. The highest BCUT2D eigenvalue weighted by molar-refractivity contribution is 7.17. The zero-order valence-electron chi connectivity index (χ0n) is 25.6. The van der Waals surface area contributed by atoms with E-state index in [-0.39, 0.29) is 17.2 Å². The Morgan fingerprint density at radius 1 is 1.07 bits per heavy atom. The van der Waals surface area contributed by atoms with Gasteiger partial charge in [-0.1, -0.05) is 45.0 Å². The number of carbonyl (C=O) groups is 1. The fraction of sp³-hybridized carbons (Fsp3) is 0.500. The quantitative estimate of drug-likeness (QED) is 0.157. The van der Waals surface area contributed by atoms with Crippen LogP contribution in [0.1, 0.15) is 55.3 Å². The van der Waals surface area contributed by atoms with E-state index in [1.807, 2.05) is 48.7 Å². The van der Waals surface area contributed by atoms with Crippen LogP contribution in [0.4, 0.5) is 0 Å². The van der Waals surface area contributed by atoms with E-state index in [1.165, 1.54) is 11.3 Å². The Hall–Kier alpha value is -2.60. The van der Waals surface area contributed by atoms with E-state index >= 15 is 0 Å². The van der Waals surface area contributed by atoms with Gasteiger partial charge >= 0.3 is 0 Å². The highest BCUT2D eigenvalue weighted by Gasteiger charge is 2.37. The van der Waals surface area contributed by atoms with Gasteiger partial charge in [-0.15, -0.1) is 11.3 Å². The number of hydrogen-bond donors (Lipinski definition) is 1. The maximum absolute atomic E-state index is 12.6. The summed E-state index contributed by atoms with van der Waals surface area (Å²) in [6.07, 6.45) is 4.39. The molecule has 4 rings (SSSR count). The molecule has 228 valence electrons. The summed E-state index contributed by atoms with van der Waals surface area (Å²) < 4.78 is 18.0. The summed E-state index contributed by atoms with van der Waals surface area (Å²) in [5, 5.41) is 0.174. The van der Waals surface area contributed by atoms with E-state index in [4.69, 9.17) is 23.7 Å². The van der Waals surface area contributed by atoms with Gasteiger partial charge in [-0.05, 0) is 66.9 Å². The number of rotatable bonds is 14. The minimum Gasteiger partial charge on any atom is -0.492 e. The number of hydroxylamine groups is 1. The first-order valence-corrected chi connectivity index (χ1v) is 18.5. The van der Waals surface area contributed by atoms with Crippen molar-refractivity contribution in [2.45, 2.75) is 71.0 Å². The summed E-state index contributed by atoms with van der Waals surface area (Å²) in [6.45, 7) is 15.6. The Morgan fingerprint density at radius 3 is 2.55 bits per heavy atom. The van der Waals surface area contributed by atoms with Gasteiger partial charge in [0.25, 0.3) is 5.91 Å². The van der Waals surface area contributed by atoms with Crippen molar-refractivity contribution >= 4 is 25.6 Å². The third-order valence-electron chi connectivity index (χ3n) is 7.83. The van der Waals surface area contributed by atoms with E-state index in [1.54, 1.807) is 6.07 Å². The van der Waals surface area contributed by atoms with Gasteiger partial charge in [0.1, 0.15) is 12.4 Å². The molecule has 1 fully saturated rings. The topological polar surface area (TPSA) is 82.2 Å². The van der Waals surface area contributed by atoms with Gasteiger partial charge in [0, 0.05) is 45.5 Å². The highest BCUT2D eigenvalue weighted by Crippen LogP contribution is 2.36. The Kier molecular flexibility index (Phi) is 11.7. The molecule has 0 radical (unpaired) electrons. The Balaban J connectivity index is 1.33. The predicted molar refractivity (Wildman–Crippen MR) is 170 cm³/mol. The molecule has 10 heteroatoms. The maximum atomic E-state index is 12.6. The molecule has 2 aromatic heterocycles. The van der Waals surface area contributed by atoms with Crippen LogP contribution in [0, 0.1) is 0 Å². The van der Waals surface area contributed by atoms with Crippen LogP contribution in [0.2, 0.25) is 18.1 Å². The molecule has 1 atom stereocenters. The van der Waals surface area contributed by atoms with Crippen molar-refractivity contribution in [3.05, 3.63) is 71.2 Å². The number of amides is 1. The molecule has 0 saturated carbocycles. The molecule has 0 spiro atoms. The number of aromatic nitrogens is 1. The highest BCUT2D eigenvalue weighted by atomic mass is 32.1. The van der Waals surface area contributed by atoms with Crippen molar-refractivity contribution in [3.8, 4) is 16.3 Å². The molecule has 1 aromatic carbocycles. The van der Waals surface area contributed by atoms with Crippen LogP contribution >= 0.6 is 11.3 Å². The summed E-state index contributed by atoms with van der Waals surface area (Å²) >= 11 is 1.39. The number of ether oxygens (including phenoxy) is 2. The zero-order chi connectivity index (χ0) is 30.0. The molecule has 8 nitrogen and oxygen atoms in total. The van der Waals surface area contributed by atoms with E-state index in [0.29, 0.717) is 24.7 Å². The standard InChI is InChI=1S/C32H45N3O5SSi/c1-32(2,3)42(4,5)39-22-19-35(18-21-37-26-11-7-6-8-12-26)24-25-14-15-27(33-23-25)28-16-17-29(41-28)31(36)34-40-30-13-9-10-20-38-30/h6-8,11-12,14-17,23,30H,9-10,13,18-22,24H2,1-5H3,(H,34,36). The van der Waals surface area contributed by atoms with Gasteiger partial charge in [0.2, 0.25) is 0 Å². The molecule has 1 saturated heterocycles. The molecular weight excluding hydrogens is 567 g/mol. The lowest BCUT2D eigenvalue weighted by molar-refractivity contribution is -0.186. The van der Waals surface area contributed by atoms with Gasteiger partial charge in [-0.2, -0.15) is 0 Å². The van der Waals surface area contributed by atoms with Gasteiger partial charge in [0.05, 0.1) is 15.4 Å². The number of hydrogen-bond acceptors (Lipinski definition) is 8. The molecule has 42 heavy (non-hydrogen) atoms. The largest absolute Gasteiger partial charge is 0.492 e. The summed E-state index contributed by atoms with van der Waals surface area (Å²) in [4.78, 5) is 26.6. The second kappa shape index (κ2) is 15.2. The second-order valence-electron chi connectivity index (χ2n) is 12.1. The monoisotopic (exact) mass is 611 g/mol. The van der Waals surface area contributed by atoms with Crippen LogP contribution in [-0.2, 0) is 20.5 Å². The van der Waals surface area contributed by atoms with Crippen LogP contribution in [0.15, 0.2) is 60.8 Å². The first kappa shape index (κ1) is 32.3. The first-order valence-electron chi connectivity index (χ1n) is 14.8. The molecule has 1 amide bonds. The van der Waals surface area contributed by atoms with Gasteiger partial charge < -0.3 is 13.9 Å². The molecule has 0 bridgehead atoms. The van der Waals surface area contributed by atoms with Crippen LogP contribution in [0.5, 0.6) is 5.75 Å². The van der Waals surface area contributed by atoms with Crippen molar-refractivity contribution < 1.29 is 23.5 Å². The number of carbonyl (C=O) groups excluding carboxylic acids is 1. The zero-order valence-corrected chi connectivity index (χ0v) is 27.4. The molecule has 1 aliphatic rings. The minimum absolute atomic E-state index is 0.174. The average molecular weight is 612 g/mol. The second-order valence-corrected chi connectivity index (χ2v) is 18.0. The van der Waals surface area contributed by atoms with Gasteiger partial charge in [-0.25, -0.2) is 10.3 Å². The van der Waals surface area contributed by atoms with Crippen LogP contribution in [0.3, 0.4) is 0 Å². The molecule has 1 aliphatic heterocycles. The van der Waals surface area contributed by atoms with Crippen molar-refractivity contribution in [2.24, 2.45) is 0 Å². The number of pyridine rings is 1. The van der Waals surface area contributed by atoms with E-state index in [2.05, 4.69) is 50.3 Å². The van der Waals surface area contributed by atoms with Crippen molar-refractivity contribution in [2.75, 3.05) is 32.9 Å². The SMILES string of the molecule is CC(C)(C)[Si](C)(C)OCCN(CCOc1ccccc1)Cc1ccc(-c2ccc(C(=O)NOC3CCCCO3)s2)nc1. The molecule has 3 heterocycles. The number of benzene rings is 1. The smallest absolute Gasteiger partial charge is 0.285 e. The van der Waals surface area contributed by atoms with Crippen molar-refractivity contribution in [3.63, 3.8) is 0 Å². The summed E-state index contributed by atoms with van der Waals surface area (Å²) in [5.41, 5.74) is 4.47. The molecular formula is C32H45N3O5SSi. The summed E-state index contributed by atoms with van der Waals surface area (Å²) in [6, 6.07) is 17.7. The van der Waals surface area contributed by atoms with Crippen LogP contribution < -0.4 is 10.2 Å². The Labute approximate surface area is 255 Å². The summed E-state index contributed by atoms with van der Waals surface area (Å²) in [7, 11) is -1.82. The summed E-state index contributed by atoms with van der Waals surface area (Å²) in [5.74, 6) is 0.601. The number of nitrogens with one attached hydrogen (secondary N) is 1. The minimum atomic E-state index is -1.82. The number of thiophene rings is 1. The third kappa shape index (κ3) is 9.72. The van der Waals surface area contributed by atoms with Crippen LogP contribution in [0.25, 0.3) is 10.6 Å². The molecule has 1 N–H and O–H groups in total. The molecule has 3 aromatic rings. The number of para-hydroxylation sites is 1. The number of nitrogens with zero attached hydrogens (tertiary/aromatic N) is 2. The normalized spacial score (nSPS) is 16.0. The Bertz CT molecular complexity index is 1240. The lowest BCUT2D eigenvalue weighted by Gasteiger charge is -2.36. The molecule has 1 unspecified atom stereocenters. The van der Waals surface area contributed by atoms with Gasteiger partial charge in [-0.3, -0.25) is 14.7 Å². The van der Waals surface area contributed by atoms with E-state index < -0.39 is 8.32 Å². The Morgan fingerprint density at radius 2 is 1.86 bits per heavy atom. The fourth-order valence-electron chi connectivity index (χ4n) is 4.22. The lowest BCUT2D eigenvalue weighted by Crippen LogP contribution is -2.43. The fourth-order valence-corrected chi connectivity index (χ4v) is 6.12. The first-order chi connectivity index (χ1) is 20.1. The maximum Gasteiger partial charge on any atom is 0.285 e. The molecule has 0 aliphatic carbocycles. The van der Waals surface area contributed by atoms with E-state index in [0.717, 1.165) is 60.8 Å². The average Bonchev–Trinajstić information content (AvgIpc) is 3.47. The van der Waals surface area contributed by atoms with E-state index in [9.17, 15) is 4.79 Å². The lowest BCUT2D eigenvalue weighted by atomic mass is 10.2.